The maximum Gasteiger partial charge on any atom is 0.251 e. The molecule has 0 atom stereocenters. The van der Waals surface area contributed by atoms with Crippen molar-refractivity contribution in [1.82, 2.24) is 5.32 Å². The van der Waals surface area contributed by atoms with Gasteiger partial charge in [0.25, 0.3) is 5.91 Å². The third-order valence-corrected chi connectivity index (χ3v) is 6.15. The molecule has 0 saturated heterocycles. The van der Waals surface area contributed by atoms with E-state index in [0.29, 0.717) is 39.9 Å². The topological polar surface area (TPSA) is 101 Å². The van der Waals surface area contributed by atoms with Crippen LogP contribution >= 0.6 is 23.2 Å². The molecule has 0 unspecified atom stereocenters. The molecule has 0 heterocycles. The number of unbranched alkanes of at least 4 members (excludes halogenated alkanes) is 1. The number of benzene rings is 2. The first-order chi connectivity index (χ1) is 13.3. The molecule has 1 amide bonds. The predicted octanol–water partition coefficient (Wildman–Crippen LogP) is 3.45. The standard InChI is InChI=1S/C19H23Cl2N3O3S/c20-17-5-3-4-14(18(17)21)10-13-28(26,27)24-16-8-6-15(7-9-16)19(25)23-12-2-1-11-22/h3-9,24H,1-2,10-13,22H2,(H,23,25). The van der Waals surface area contributed by atoms with Gasteiger partial charge in [-0.25, -0.2) is 8.42 Å². The average Bonchev–Trinajstić information content (AvgIpc) is 2.66. The van der Waals surface area contributed by atoms with E-state index in [1.807, 2.05) is 0 Å². The van der Waals surface area contributed by atoms with Crippen molar-refractivity contribution in [3.63, 3.8) is 0 Å². The van der Waals surface area contributed by atoms with E-state index >= 15 is 0 Å². The van der Waals surface area contributed by atoms with E-state index in [1.54, 1.807) is 42.5 Å². The Morgan fingerprint density at radius 3 is 2.43 bits per heavy atom. The Hall–Kier alpha value is -1.80. The lowest BCUT2D eigenvalue weighted by Gasteiger charge is -2.10. The number of sulfonamides is 1. The minimum Gasteiger partial charge on any atom is -0.352 e. The second kappa shape index (κ2) is 10.7. The number of aryl methyl sites for hydroxylation is 1. The summed E-state index contributed by atoms with van der Waals surface area (Å²) in [7, 11) is -3.58. The fraction of sp³-hybridized carbons (Fsp3) is 0.316. The fourth-order valence-corrected chi connectivity index (χ4v) is 3.98. The van der Waals surface area contributed by atoms with E-state index in [2.05, 4.69) is 10.0 Å². The second-order valence-electron chi connectivity index (χ2n) is 6.21. The van der Waals surface area contributed by atoms with Gasteiger partial charge in [-0.1, -0.05) is 35.3 Å². The summed E-state index contributed by atoms with van der Waals surface area (Å²) >= 11 is 12.0. The molecule has 0 bridgehead atoms. The van der Waals surface area contributed by atoms with Gasteiger partial charge in [0, 0.05) is 17.8 Å². The second-order valence-corrected chi connectivity index (χ2v) is 8.84. The highest BCUT2D eigenvalue weighted by molar-refractivity contribution is 7.92. The molecule has 0 aliphatic heterocycles. The third kappa shape index (κ3) is 6.98. The van der Waals surface area contributed by atoms with Gasteiger partial charge in [-0.15, -0.1) is 0 Å². The Morgan fingerprint density at radius 1 is 1.04 bits per heavy atom. The molecule has 28 heavy (non-hydrogen) atoms. The maximum absolute atomic E-state index is 12.3. The molecule has 2 aromatic carbocycles. The number of rotatable bonds is 10. The van der Waals surface area contributed by atoms with Gasteiger partial charge in [0.2, 0.25) is 10.0 Å². The largest absolute Gasteiger partial charge is 0.352 e. The van der Waals surface area contributed by atoms with Gasteiger partial charge < -0.3 is 11.1 Å². The summed E-state index contributed by atoms with van der Waals surface area (Å²) in [6.45, 7) is 1.14. The Balaban J connectivity index is 1.91. The van der Waals surface area contributed by atoms with Gasteiger partial charge in [-0.2, -0.15) is 0 Å². The molecule has 4 N–H and O–H groups in total. The van der Waals surface area contributed by atoms with Crippen LogP contribution in [-0.4, -0.2) is 33.2 Å². The minimum atomic E-state index is -3.58. The van der Waals surface area contributed by atoms with Crippen LogP contribution in [0.5, 0.6) is 0 Å². The number of anilines is 1. The first-order valence-corrected chi connectivity index (χ1v) is 11.2. The number of hydrogen-bond acceptors (Lipinski definition) is 4. The van der Waals surface area contributed by atoms with Crippen molar-refractivity contribution in [2.24, 2.45) is 5.73 Å². The quantitative estimate of drug-likeness (QED) is 0.489. The molecule has 0 aliphatic carbocycles. The molecule has 0 aliphatic rings. The van der Waals surface area contributed by atoms with E-state index in [1.165, 1.54) is 0 Å². The molecule has 0 spiro atoms. The number of halogens is 2. The van der Waals surface area contributed by atoms with Crippen LogP contribution in [-0.2, 0) is 16.4 Å². The summed E-state index contributed by atoms with van der Waals surface area (Å²) in [6, 6.07) is 11.4. The lowest BCUT2D eigenvalue weighted by molar-refractivity contribution is 0.0953. The van der Waals surface area contributed by atoms with E-state index in [9.17, 15) is 13.2 Å². The first-order valence-electron chi connectivity index (χ1n) is 8.84. The van der Waals surface area contributed by atoms with E-state index in [4.69, 9.17) is 28.9 Å². The molecule has 0 saturated carbocycles. The molecule has 6 nitrogen and oxygen atoms in total. The normalized spacial score (nSPS) is 11.2. The molecular weight excluding hydrogens is 421 g/mol. The van der Waals surface area contributed by atoms with Crippen molar-refractivity contribution in [2.75, 3.05) is 23.6 Å². The smallest absolute Gasteiger partial charge is 0.251 e. The maximum atomic E-state index is 12.3. The van der Waals surface area contributed by atoms with Crippen LogP contribution in [0.3, 0.4) is 0 Å². The van der Waals surface area contributed by atoms with Crippen molar-refractivity contribution in [3.05, 3.63) is 63.6 Å². The summed E-state index contributed by atoms with van der Waals surface area (Å²) in [5.41, 5.74) is 6.92. The van der Waals surface area contributed by atoms with E-state index in [0.717, 1.165) is 12.8 Å². The van der Waals surface area contributed by atoms with Crippen molar-refractivity contribution >= 4 is 44.8 Å². The van der Waals surface area contributed by atoms with Crippen LogP contribution in [0.25, 0.3) is 0 Å². The van der Waals surface area contributed by atoms with Crippen LogP contribution in [0, 0.1) is 0 Å². The van der Waals surface area contributed by atoms with E-state index in [-0.39, 0.29) is 18.1 Å². The Morgan fingerprint density at radius 2 is 1.75 bits per heavy atom. The molecule has 0 radical (unpaired) electrons. The minimum absolute atomic E-state index is 0.142. The Bertz CT molecular complexity index is 903. The zero-order valence-electron chi connectivity index (χ0n) is 15.3. The SMILES string of the molecule is NCCCCNC(=O)c1ccc(NS(=O)(=O)CCc2cccc(Cl)c2Cl)cc1. The highest BCUT2D eigenvalue weighted by atomic mass is 35.5. The van der Waals surface area contributed by atoms with Crippen LogP contribution in [0.4, 0.5) is 5.69 Å². The zero-order chi connectivity index (χ0) is 20.6. The van der Waals surface area contributed by atoms with Gasteiger partial charge in [0.1, 0.15) is 0 Å². The molecule has 0 aromatic heterocycles. The lowest BCUT2D eigenvalue weighted by atomic mass is 10.2. The summed E-state index contributed by atoms with van der Waals surface area (Å²) in [6.07, 6.45) is 1.90. The Kier molecular flexibility index (Phi) is 8.57. The van der Waals surface area contributed by atoms with Gasteiger partial charge in [-0.05, 0) is 61.7 Å². The number of amides is 1. The molecule has 9 heteroatoms. The lowest BCUT2D eigenvalue weighted by Crippen LogP contribution is -2.25. The van der Waals surface area contributed by atoms with Crippen molar-refractivity contribution in [1.29, 1.82) is 0 Å². The molecule has 152 valence electrons. The van der Waals surface area contributed by atoms with Crippen molar-refractivity contribution in [3.8, 4) is 0 Å². The molecule has 2 aromatic rings. The molecule has 0 fully saturated rings. The first kappa shape index (κ1) is 22.5. The molecular formula is C19H23Cl2N3O3S. The van der Waals surface area contributed by atoms with Gasteiger partial charge in [-0.3, -0.25) is 9.52 Å². The molecule has 2 rings (SSSR count). The van der Waals surface area contributed by atoms with Crippen molar-refractivity contribution < 1.29 is 13.2 Å². The number of nitrogens with two attached hydrogens (primary N) is 1. The Labute approximate surface area is 175 Å². The monoisotopic (exact) mass is 443 g/mol. The summed E-state index contributed by atoms with van der Waals surface area (Å²) in [4.78, 5) is 12.0. The summed E-state index contributed by atoms with van der Waals surface area (Å²) in [5, 5.41) is 3.55. The predicted molar refractivity (Wildman–Crippen MR) is 115 cm³/mol. The van der Waals surface area contributed by atoms with Crippen LogP contribution in [0.1, 0.15) is 28.8 Å². The summed E-state index contributed by atoms with van der Waals surface area (Å²) in [5.74, 6) is -0.349. The number of carbonyl (C=O) groups excluding carboxylic acids is 1. The van der Waals surface area contributed by atoms with Crippen molar-refractivity contribution in [2.45, 2.75) is 19.3 Å². The summed E-state index contributed by atoms with van der Waals surface area (Å²) < 4.78 is 27.1. The van der Waals surface area contributed by atoms with E-state index < -0.39 is 10.0 Å². The fourth-order valence-electron chi connectivity index (χ4n) is 2.48. The van der Waals surface area contributed by atoms with Gasteiger partial charge in [0.05, 0.1) is 15.8 Å². The highest BCUT2D eigenvalue weighted by Crippen LogP contribution is 2.26. The highest BCUT2D eigenvalue weighted by Gasteiger charge is 2.14. The van der Waals surface area contributed by atoms with Crippen LogP contribution in [0.2, 0.25) is 10.0 Å². The zero-order valence-corrected chi connectivity index (χ0v) is 17.6. The van der Waals surface area contributed by atoms with Gasteiger partial charge in [0.15, 0.2) is 0 Å². The van der Waals surface area contributed by atoms with Crippen LogP contribution < -0.4 is 15.8 Å². The van der Waals surface area contributed by atoms with Crippen LogP contribution in [0.15, 0.2) is 42.5 Å². The number of nitrogens with one attached hydrogen (secondary N) is 2. The number of hydrogen-bond donors (Lipinski definition) is 3. The average molecular weight is 444 g/mol. The van der Waals surface area contributed by atoms with Gasteiger partial charge >= 0.3 is 0 Å². The third-order valence-electron chi connectivity index (χ3n) is 4.01. The number of carbonyl (C=O) groups is 1.